The van der Waals surface area contributed by atoms with Gasteiger partial charge in [0.1, 0.15) is 0 Å². The first-order chi connectivity index (χ1) is 8.83. The van der Waals surface area contributed by atoms with Crippen LogP contribution in [0.1, 0.15) is 24.1 Å². The maximum absolute atomic E-state index is 11.9. The summed E-state index contributed by atoms with van der Waals surface area (Å²) in [6, 6.07) is 0. The van der Waals surface area contributed by atoms with Crippen LogP contribution in [0.3, 0.4) is 0 Å². The molecule has 0 aliphatic carbocycles. The van der Waals surface area contributed by atoms with Gasteiger partial charge in [0.2, 0.25) is 5.95 Å². The summed E-state index contributed by atoms with van der Waals surface area (Å²) in [6.45, 7) is 3.06. The topological polar surface area (TPSA) is 79.0 Å². The fraction of sp³-hybridized carbons (Fsp3) is 0.667. The fourth-order valence-corrected chi connectivity index (χ4v) is 2.47. The normalized spacial score (nSPS) is 22.8. The Morgan fingerprint density at radius 1 is 1.50 bits per heavy atom. The molecule has 0 spiro atoms. The van der Waals surface area contributed by atoms with Gasteiger partial charge in [0, 0.05) is 25.3 Å². The van der Waals surface area contributed by atoms with Crippen molar-refractivity contribution in [3.05, 3.63) is 21.6 Å². The Labute approximate surface area is 105 Å². The van der Waals surface area contributed by atoms with Crippen molar-refractivity contribution in [3.63, 3.8) is 0 Å². The molecule has 6 heteroatoms. The van der Waals surface area contributed by atoms with Crippen LogP contribution in [0.2, 0.25) is 0 Å². The van der Waals surface area contributed by atoms with E-state index in [1.807, 2.05) is 0 Å². The van der Waals surface area contributed by atoms with E-state index in [1.165, 1.54) is 0 Å². The molecular weight excluding hydrogens is 232 g/mol. The number of hydrogen-bond donors (Lipinski definition) is 3. The van der Waals surface area contributed by atoms with Crippen molar-refractivity contribution >= 4 is 5.95 Å². The monoisotopic (exact) mass is 250 g/mol. The SMILES string of the molecule is O=c1[nH]c(NC[C@H]2CCCO2)nc2c1CCNC2. The van der Waals surface area contributed by atoms with Gasteiger partial charge in [-0.15, -0.1) is 0 Å². The van der Waals surface area contributed by atoms with Gasteiger partial charge in [-0.25, -0.2) is 4.98 Å². The van der Waals surface area contributed by atoms with E-state index in [0.29, 0.717) is 19.0 Å². The maximum atomic E-state index is 11.9. The van der Waals surface area contributed by atoms with Crippen molar-refractivity contribution in [2.75, 3.05) is 25.0 Å². The predicted octanol–water partition coefficient (Wildman–Crippen LogP) is 0.00650. The molecule has 1 atom stereocenters. The second kappa shape index (κ2) is 5.07. The summed E-state index contributed by atoms with van der Waals surface area (Å²) >= 11 is 0. The van der Waals surface area contributed by atoms with Gasteiger partial charge in [-0.2, -0.15) is 0 Å². The molecule has 18 heavy (non-hydrogen) atoms. The number of nitrogens with one attached hydrogen (secondary N) is 3. The first-order valence-corrected chi connectivity index (χ1v) is 6.51. The standard InChI is InChI=1S/C12H18N4O2/c17-11-9-3-4-13-7-10(9)15-12(16-11)14-6-8-2-1-5-18-8/h8,13H,1-7H2,(H2,14,15,16,17)/t8-/m1/s1. The molecule has 1 aromatic rings. The molecule has 0 bridgehead atoms. The van der Waals surface area contributed by atoms with Crippen LogP contribution in [0, 0.1) is 0 Å². The Morgan fingerprint density at radius 3 is 3.28 bits per heavy atom. The highest BCUT2D eigenvalue weighted by Gasteiger charge is 2.17. The molecule has 1 fully saturated rings. The Hall–Kier alpha value is -1.40. The van der Waals surface area contributed by atoms with E-state index in [4.69, 9.17) is 4.74 Å². The molecule has 0 saturated carbocycles. The van der Waals surface area contributed by atoms with Crippen molar-refractivity contribution in [3.8, 4) is 0 Å². The van der Waals surface area contributed by atoms with Gasteiger partial charge in [0.05, 0.1) is 11.8 Å². The highest BCUT2D eigenvalue weighted by molar-refractivity contribution is 5.31. The van der Waals surface area contributed by atoms with E-state index in [-0.39, 0.29) is 11.7 Å². The van der Waals surface area contributed by atoms with Gasteiger partial charge in [0.25, 0.3) is 5.56 Å². The molecule has 1 saturated heterocycles. The zero-order valence-electron chi connectivity index (χ0n) is 10.3. The summed E-state index contributed by atoms with van der Waals surface area (Å²) in [7, 11) is 0. The van der Waals surface area contributed by atoms with Gasteiger partial charge >= 0.3 is 0 Å². The Kier molecular flexibility index (Phi) is 3.29. The van der Waals surface area contributed by atoms with Crippen molar-refractivity contribution in [2.24, 2.45) is 0 Å². The van der Waals surface area contributed by atoms with Gasteiger partial charge < -0.3 is 15.4 Å². The van der Waals surface area contributed by atoms with Crippen LogP contribution in [0.4, 0.5) is 5.95 Å². The molecular formula is C12H18N4O2. The largest absolute Gasteiger partial charge is 0.376 e. The molecule has 2 aliphatic rings. The van der Waals surface area contributed by atoms with Crippen molar-refractivity contribution < 1.29 is 4.74 Å². The van der Waals surface area contributed by atoms with Crippen LogP contribution >= 0.6 is 0 Å². The van der Waals surface area contributed by atoms with Crippen LogP contribution in [0.15, 0.2) is 4.79 Å². The van der Waals surface area contributed by atoms with Crippen LogP contribution in [0.5, 0.6) is 0 Å². The zero-order chi connectivity index (χ0) is 12.4. The molecule has 2 aliphatic heterocycles. The van der Waals surface area contributed by atoms with Crippen LogP contribution in [-0.2, 0) is 17.7 Å². The van der Waals surface area contributed by atoms with E-state index in [9.17, 15) is 4.79 Å². The van der Waals surface area contributed by atoms with Gasteiger partial charge in [-0.3, -0.25) is 9.78 Å². The lowest BCUT2D eigenvalue weighted by molar-refractivity contribution is 0.120. The third-order valence-electron chi connectivity index (χ3n) is 3.47. The molecule has 3 heterocycles. The molecule has 6 nitrogen and oxygen atoms in total. The summed E-state index contributed by atoms with van der Waals surface area (Å²) in [5.41, 5.74) is 1.66. The molecule has 98 valence electrons. The lowest BCUT2D eigenvalue weighted by Gasteiger charge is -2.17. The zero-order valence-corrected chi connectivity index (χ0v) is 10.3. The minimum absolute atomic E-state index is 0.0173. The molecule has 0 amide bonds. The quantitative estimate of drug-likeness (QED) is 0.704. The second-order valence-electron chi connectivity index (χ2n) is 4.78. The highest BCUT2D eigenvalue weighted by atomic mass is 16.5. The van der Waals surface area contributed by atoms with Crippen molar-refractivity contribution in [1.82, 2.24) is 15.3 Å². The summed E-state index contributed by atoms with van der Waals surface area (Å²) in [5, 5.41) is 6.38. The van der Waals surface area contributed by atoms with Crippen LogP contribution in [-0.4, -0.2) is 35.8 Å². The summed E-state index contributed by atoms with van der Waals surface area (Å²) in [6.07, 6.45) is 3.18. The lowest BCUT2D eigenvalue weighted by atomic mass is 10.1. The van der Waals surface area contributed by atoms with Crippen molar-refractivity contribution in [2.45, 2.75) is 31.9 Å². The van der Waals surface area contributed by atoms with E-state index >= 15 is 0 Å². The first kappa shape index (κ1) is 11.7. The Balaban J connectivity index is 1.72. The molecule has 1 aromatic heterocycles. The molecule has 3 N–H and O–H groups in total. The van der Waals surface area contributed by atoms with Gasteiger partial charge in [0.15, 0.2) is 0 Å². The maximum Gasteiger partial charge on any atom is 0.255 e. The number of hydrogen-bond acceptors (Lipinski definition) is 5. The van der Waals surface area contributed by atoms with E-state index in [1.54, 1.807) is 0 Å². The number of rotatable bonds is 3. The van der Waals surface area contributed by atoms with Gasteiger partial charge in [-0.05, 0) is 25.8 Å². The number of H-pyrrole nitrogens is 1. The smallest absolute Gasteiger partial charge is 0.255 e. The number of fused-ring (bicyclic) bond motifs is 1. The van der Waals surface area contributed by atoms with E-state index < -0.39 is 0 Å². The van der Waals surface area contributed by atoms with E-state index in [0.717, 1.165) is 43.7 Å². The molecule has 0 aromatic carbocycles. The second-order valence-corrected chi connectivity index (χ2v) is 4.78. The fourth-order valence-electron chi connectivity index (χ4n) is 2.47. The average Bonchev–Trinajstić information content (AvgIpc) is 2.90. The number of aromatic nitrogens is 2. The van der Waals surface area contributed by atoms with Crippen molar-refractivity contribution in [1.29, 1.82) is 0 Å². The molecule has 0 unspecified atom stereocenters. The minimum Gasteiger partial charge on any atom is -0.376 e. The average molecular weight is 250 g/mol. The third-order valence-corrected chi connectivity index (χ3v) is 3.47. The van der Waals surface area contributed by atoms with Gasteiger partial charge in [-0.1, -0.05) is 0 Å². The Bertz CT molecular complexity index is 479. The number of nitrogens with zero attached hydrogens (tertiary/aromatic N) is 1. The third kappa shape index (κ3) is 2.39. The lowest BCUT2D eigenvalue weighted by Crippen LogP contribution is -2.32. The van der Waals surface area contributed by atoms with Crippen LogP contribution in [0.25, 0.3) is 0 Å². The molecule has 3 rings (SSSR count). The minimum atomic E-state index is -0.0173. The summed E-state index contributed by atoms with van der Waals surface area (Å²) in [5.74, 6) is 0.554. The van der Waals surface area contributed by atoms with Crippen LogP contribution < -0.4 is 16.2 Å². The van der Waals surface area contributed by atoms with E-state index in [2.05, 4.69) is 20.6 Å². The molecule has 0 radical (unpaired) electrons. The number of aromatic amines is 1. The summed E-state index contributed by atoms with van der Waals surface area (Å²) in [4.78, 5) is 19.1. The predicted molar refractivity (Wildman–Crippen MR) is 67.7 cm³/mol. The number of ether oxygens (including phenoxy) is 1. The summed E-state index contributed by atoms with van der Waals surface area (Å²) < 4.78 is 5.52. The Morgan fingerprint density at radius 2 is 2.44 bits per heavy atom. The number of anilines is 1. The highest BCUT2D eigenvalue weighted by Crippen LogP contribution is 2.13. The first-order valence-electron chi connectivity index (χ1n) is 6.51.